The summed E-state index contributed by atoms with van der Waals surface area (Å²) in [6, 6.07) is 0. The molecule has 50 valence electrons. The average molecular weight is 129 g/mol. The second-order valence-corrected chi connectivity index (χ2v) is 1.15. The third-order valence-electron chi connectivity index (χ3n) is 0.583. The Morgan fingerprint density at radius 3 is 2.89 bits per heavy atom. The summed E-state index contributed by atoms with van der Waals surface area (Å²) in [7, 11) is 0. The van der Waals surface area contributed by atoms with Gasteiger partial charge in [-0.2, -0.15) is 0 Å². The number of rotatable bonds is 4. The van der Waals surface area contributed by atoms with Crippen molar-refractivity contribution in [3.05, 3.63) is 12.7 Å². The van der Waals surface area contributed by atoms with E-state index in [4.69, 9.17) is 0 Å². The molecule has 0 aromatic carbocycles. The van der Waals surface area contributed by atoms with Gasteiger partial charge in [-0.1, -0.05) is 6.58 Å². The first kappa shape index (κ1) is 7.68. The van der Waals surface area contributed by atoms with Gasteiger partial charge in [0.2, 0.25) is 5.91 Å². The normalized spacial score (nSPS) is 7.56. The lowest BCUT2D eigenvalue weighted by Gasteiger charge is -1.96. The van der Waals surface area contributed by atoms with Crippen LogP contribution in [-0.2, 0) is 14.3 Å². The lowest BCUT2D eigenvalue weighted by molar-refractivity contribution is -0.130. The van der Waals surface area contributed by atoms with Gasteiger partial charge in [0.15, 0.2) is 6.73 Å². The van der Waals surface area contributed by atoms with E-state index in [1.54, 1.807) is 0 Å². The Labute approximate surface area is 52.5 Å². The Morgan fingerprint density at radius 1 is 1.78 bits per heavy atom. The van der Waals surface area contributed by atoms with E-state index >= 15 is 0 Å². The molecule has 0 rings (SSSR count). The third kappa shape index (κ3) is 4.53. The molecule has 0 aliphatic carbocycles. The molecule has 0 unspecified atom stereocenters. The first-order valence-corrected chi connectivity index (χ1v) is 2.26. The van der Waals surface area contributed by atoms with Crippen LogP contribution in [0.4, 0.5) is 0 Å². The van der Waals surface area contributed by atoms with Crippen molar-refractivity contribution in [3.63, 3.8) is 0 Å². The molecule has 0 saturated carbocycles. The summed E-state index contributed by atoms with van der Waals surface area (Å²) in [5.74, 6) is -0.364. The van der Waals surface area contributed by atoms with E-state index in [2.05, 4.69) is 16.6 Å². The van der Waals surface area contributed by atoms with Crippen molar-refractivity contribution in [2.75, 3.05) is 6.73 Å². The molecule has 9 heavy (non-hydrogen) atoms. The minimum atomic E-state index is -0.364. The summed E-state index contributed by atoms with van der Waals surface area (Å²) in [4.78, 5) is 19.7. The van der Waals surface area contributed by atoms with Crippen molar-refractivity contribution in [2.24, 2.45) is 0 Å². The van der Waals surface area contributed by atoms with Crippen LogP contribution in [0, 0.1) is 0 Å². The summed E-state index contributed by atoms with van der Waals surface area (Å²) >= 11 is 0. The lowest BCUT2D eigenvalue weighted by Crippen LogP contribution is -2.23. The van der Waals surface area contributed by atoms with Gasteiger partial charge in [0.25, 0.3) is 6.47 Å². The largest absolute Gasteiger partial charge is 0.447 e. The average Bonchev–Trinajstić information content (AvgIpc) is 1.89. The van der Waals surface area contributed by atoms with Crippen molar-refractivity contribution < 1.29 is 14.3 Å². The Balaban J connectivity index is 3.16. The van der Waals surface area contributed by atoms with Gasteiger partial charge >= 0.3 is 0 Å². The van der Waals surface area contributed by atoms with Crippen LogP contribution in [0.25, 0.3) is 0 Å². The topological polar surface area (TPSA) is 55.4 Å². The first-order chi connectivity index (χ1) is 4.31. The summed E-state index contributed by atoms with van der Waals surface area (Å²) in [5.41, 5.74) is 0. The molecule has 1 amide bonds. The molecule has 1 N–H and O–H groups in total. The smallest absolute Gasteiger partial charge is 0.294 e. The summed E-state index contributed by atoms with van der Waals surface area (Å²) < 4.78 is 4.15. The highest BCUT2D eigenvalue weighted by molar-refractivity contribution is 5.86. The van der Waals surface area contributed by atoms with Crippen molar-refractivity contribution in [1.82, 2.24) is 5.32 Å². The second-order valence-electron chi connectivity index (χ2n) is 1.15. The predicted octanol–water partition coefficient (Wildman–Crippen LogP) is -0.581. The summed E-state index contributed by atoms with van der Waals surface area (Å²) in [6.07, 6.45) is 1.09. The van der Waals surface area contributed by atoms with Gasteiger partial charge in [-0.15, -0.1) is 0 Å². The van der Waals surface area contributed by atoms with Crippen LogP contribution in [0.5, 0.6) is 0 Å². The first-order valence-electron chi connectivity index (χ1n) is 2.26. The number of carbonyl (C=O) groups excluding carboxylic acids is 2. The Morgan fingerprint density at radius 2 is 2.44 bits per heavy atom. The zero-order valence-corrected chi connectivity index (χ0v) is 4.79. The van der Waals surface area contributed by atoms with Crippen LogP contribution in [-0.4, -0.2) is 19.1 Å². The minimum absolute atomic E-state index is 0.103. The summed E-state index contributed by atoms with van der Waals surface area (Å²) in [6.45, 7) is 3.33. The lowest BCUT2D eigenvalue weighted by atomic mass is 10.6. The van der Waals surface area contributed by atoms with Gasteiger partial charge in [-0.05, 0) is 6.08 Å². The van der Waals surface area contributed by atoms with E-state index in [0.29, 0.717) is 0 Å². The quantitative estimate of drug-likeness (QED) is 0.239. The molecule has 0 aliphatic rings. The summed E-state index contributed by atoms with van der Waals surface area (Å²) in [5, 5.41) is 2.22. The number of carbonyl (C=O) groups is 2. The Bertz CT molecular complexity index is 121. The van der Waals surface area contributed by atoms with Crippen LogP contribution in [0.2, 0.25) is 0 Å². The number of ether oxygens (including phenoxy) is 1. The molecule has 0 fully saturated rings. The van der Waals surface area contributed by atoms with Gasteiger partial charge in [0.1, 0.15) is 0 Å². The molecule has 0 radical (unpaired) electrons. The molecule has 0 spiro atoms. The second kappa shape index (κ2) is 4.83. The Kier molecular flexibility index (Phi) is 4.12. The van der Waals surface area contributed by atoms with Crippen molar-refractivity contribution in [2.45, 2.75) is 0 Å². The number of hydrogen-bond acceptors (Lipinski definition) is 3. The molecular weight excluding hydrogens is 122 g/mol. The third-order valence-corrected chi connectivity index (χ3v) is 0.583. The molecule has 4 nitrogen and oxygen atoms in total. The van der Waals surface area contributed by atoms with Gasteiger partial charge in [-0.3, -0.25) is 9.59 Å². The van der Waals surface area contributed by atoms with E-state index in [-0.39, 0.29) is 19.1 Å². The van der Waals surface area contributed by atoms with E-state index < -0.39 is 0 Å². The van der Waals surface area contributed by atoms with Crippen molar-refractivity contribution >= 4 is 12.4 Å². The molecule has 0 aromatic rings. The number of hydrogen-bond donors (Lipinski definition) is 1. The van der Waals surface area contributed by atoms with E-state index in [9.17, 15) is 9.59 Å². The molecule has 0 bridgehead atoms. The Hall–Kier alpha value is -1.32. The number of nitrogens with one attached hydrogen (secondary N) is 1. The van der Waals surface area contributed by atoms with Crippen molar-refractivity contribution in [3.8, 4) is 0 Å². The zero-order valence-electron chi connectivity index (χ0n) is 4.79. The van der Waals surface area contributed by atoms with Crippen LogP contribution in [0.3, 0.4) is 0 Å². The van der Waals surface area contributed by atoms with Crippen LogP contribution in [0.15, 0.2) is 12.7 Å². The van der Waals surface area contributed by atoms with Gasteiger partial charge < -0.3 is 10.1 Å². The molecule has 0 atom stereocenters. The van der Waals surface area contributed by atoms with Crippen LogP contribution in [0.1, 0.15) is 0 Å². The molecular formula is C5H7NO3. The highest BCUT2D eigenvalue weighted by atomic mass is 16.5. The number of amides is 1. The van der Waals surface area contributed by atoms with E-state index in [0.717, 1.165) is 6.08 Å². The highest BCUT2D eigenvalue weighted by Crippen LogP contribution is 1.65. The maximum atomic E-state index is 10.3. The van der Waals surface area contributed by atoms with E-state index in [1.807, 2.05) is 0 Å². The molecule has 0 aromatic heterocycles. The van der Waals surface area contributed by atoms with Crippen LogP contribution < -0.4 is 5.32 Å². The molecule has 0 aliphatic heterocycles. The van der Waals surface area contributed by atoms with Gasteiger partial charge in [0, 0.05) is 0 Å². The van der Waals surface area contributed by atoms with Gasteiger partial charge in [0.05, 0.1) is 0 Å². The fraction of sp³-hybridized carbons (Fsp3) is 0.200. The minimum Gasteiger partial charge on any atom is -0.447 e. The maximum Gasteiger partial charge on any atom is 0.294 e. The SMILES string of the molecule is C=CC(=O)NCOC=O. The standard InChI is InChI=1S/C5H7NO3/c1-2-5(8)6-3-9-4-7/h2,4H,1,3H2,(H,6,8). The fourth-order valence-corrected chi connectivity index (χ4v) is 0.219. The maximum absolute atomic E-state index is 10.3. The zero-order chi connectivity index (χ0) is 7.11. The van der Waals surface area contributed by atoms with Gasteiger partial charge in [-0.25, -0.2) is 0 Å². The monoisotopic (exact) mass is 129 g/mol. The van der Waals surface area contributed by atoms with Crippen molar-refractivity contribution in [1.29, 1.82) is 0 Å². The fourth-order valence-electron chi connectivity index (χ4n) is 0.219. The highest BCUT2D eigenvalue weighted by Gasteiger charge is 1.88. The molecule has 0 saturated heterocycles. The van der Waals surface area contributed by atoms with E-state index in [1.165, 1.54) is 0 Å². The predicted molar refractivity (Wildman–Crippen MR) is 30.4 cm³/mol. The van der Waals surface area contributed by atoms with Crippen LogP contribution >= 0.6 is 0 Å². The molecule has 4 heteroatoms. The molecule has 0 heterocycles.